The molecule has 160 valence electrons. The topological polar surface area (TPSA) is 79.6 Å². The second kappa shape index (κ2) is 10.4. The summed E-state index contributed by atoms with van der Waals surface area (Å²) in [6, 6.07) is 9.99. The summed E-state index contributed by atoms with van der Waals surface area (Å²) < 4.78 is 19.1. The van der Waals surface area contributed by atoms with Gasteiger partial charge in [0.1, 0.15) is 35.8 Å². The number of rotatable bonds is 9. The zero-order valence-corrected chi connectivity index (χ0v) is 17.6. The molecule has 2 N–H and O–H groups in total. The maximum atomic E-state index is 13.4. The summed E-state index contributed by atoms with van der Waals surface area (Å²) in [6.45, 7) is 6.46. The number of anilines is 1. The van der Waals surface area contributed by atoms with Crippen LogP contribution in [0.2, 0.25) is 0 Å². The minimum atomic E-state index is -0.304. The third-order valence-electron chi connectivity index (χ3n) is 4.63. The van der Waals surface area contributed by atoms with E-state index in [1.807, 2.05) is 31.2 Å². The highest BCUT2D eigenvalue weighted by Crippen LogP contribution is 2.34. The minimum Gasteiger partial charge on any atom is -0.489 e. The van der Waals surface area contributed by atoms with Crippen LogP contribution in [-0.2, 0) is 0 Å². The predicted octanol–water partition coefficient (Wildman–Crippen LogP) is 4.42. The summed E-state index contributed by atoms with van der Waals surface area (Å²) in [4.78, 5) is 12.8. The van der Waals surface area contributed by atoms with Crippen molar-refractivity contribution in [2.75, 3.05) is 32.1 Å². The molecule has 0 aliphatic carbocycles. The average Bonchev–Trinajstić information content (AvgIpc) is 2.79. The molecular formula is C24H25FN4O2. The van der Waals surface area contributed by atoms with Gasteiger partial charge in [-0.25, -0.2) is 14.4 Å². The molecule has 1 heterocycles. The van der Waals surface area contributed by atoms with Crippen molar-refractivity contribution in [1.29, 1.82) is 0 Å². The highest BCUT2D eigenvalue weighted by molar-refractivity contribution is 5.96. The normalized spacial score (nSPS) is 11.8. The lowest BCUT2D eigenvalue weighted by atomic mass is 10.0. The molecule has 0 atom stereocenters. The van der Waals surface area contributed by atoms with Crippen molar-refractivity contribution in [3.05, 3.63) is 72.8 Å². The molecular weight excluding hydrogens is 395 g/mol. The molecule has 0 aliphatic rings. The van der Waals surface area contributed by atoms with Gasteiger partial charge in [0.15, 0.2) is 0 Å². The molecule has 0 unspecified atom stereocenters. The number of nitrogens with zero attached hydrogens (tertiary/aromatic N) is 3. The highest BCUT2D eigenvalue weighted by Gasteiger charge is 2.13. The highest BCUT2D eigenvalue weighted by atomic mass is 19.1. The molecule has 0 saturated heterocycles. The number of benzene rings is 2. The summed E-state index contributed by atoms with van der Waals surface area (Å²) in [6.07, 6.45) is 5.26. The van der Waals surface area contributed by atoms with Crippen LogP contribution in [0.4, 0.5) is 10.2 Å². The molecule has 3 aromatic rings. The predicted molar refractivity (Wildman–Crippen MR) is 123 cm³/mol. The Balaban J connectivity index is 1.98. The van der Waals surface area contributed by atoms with Gasteiger partial charge in [-0.15, -0.1) is 0 Å². The molecule has 1 aromatic heterocycles. The summed E-state index contributed by atoms with van der Waals surface area (Å²) >= 11 is 0. The molecule has 0 bridgehead atoms. The van der Waals surface area contributed by atoms with Crippen molar-refractivity contribution in [1.82, 2.24) is 9.97 Å². The van der Waals surface area contributed by atoms with Crippen LogP contribution in [0.5, 0.6) is 5.75 Å². The summed E-state index contributed by atoms with van der Waals surface area (Å²) in [5.41, 5.74) is 4.04. The third kappa shape index (κ3) is 5.73. The van der Waals surface area contributed by atoms with E-state index >= 15 is 0 Å². The molecule has 0 fully saturated rings. The first-order valence-electron chi connectivity index (χ1n) is 9.83. The van der Waals surface area contributed by atoms with Gasteiger partial charge in [-0.2, -0.15) is 0 Å². The van der Waals surface area contributed by atoms with E-state index in [0.717, 1.165) is 27.8 Å². The van der Waals surface area contributed by atoms with Gasteiger partial charge in [-0.3, -0.25) is 4.99 Å². The number of aliphatic imine (C=N–C) groups is 1. The molecule has 0 amide bonds. The lowest BCUT2D eigenvalue weighted by Gasteiger charge is -2.14. The summed E-state index contributed by atoms with van der Waals surface area (Å²) in [5, 5.41) is 13.2. The van der Waals surface area contributed by atoms with Gasteiger partial charge in [-0.1, -0.05) is 24.8 Å². The molecule has 0 spiro atoms. The molecule has 0 aliphatic heterocycles. The van der Waals surface area contributed by atoms with Crippen molar-refractivity contribution in [3.8, 4) is 16.9 Å². The molecule has 6 nitrogen and oxygen atoms in total. The minimum absolute atomic E-state index is 0.120. The van der Waals surface area contributed by atoms with Crippen molar-refractivity contribution < 1.29 is 14.2 Å². The van der Waals surface area contributed by atoms with Crippen LogP contribution in [0.3, 0.4) is 0 Å². The number of halogens is 1. The smallest absolute Gasteiger partial charge is 0.146 e. The van der Waals surface area contributed by atoms with Gasteiger partial charge in [0.2, 0.25) is 0 Å². The van der Waals surface area contributed by atoms with Gasteiger partial charge in [0.05, 0.1) is 6.61 Å². The van der Waals surface area contributed by atoms with Crippen molar-refractivity contribution in [2.24, 2.45) is 4.99 Å². The Labute approximate surface area is 180 Å². The lowest BCUT2D eigenvalue weighted by molar-refractivity contribution is 0.202. The van der Waals surface area contributed by atoms with Crippen LogP contribution in [0.1, 0.15) is 6.92 Å². The SMILES string of the molecule is C=C(/C=C\C(C)=NC)CNc1ncnc2c(OCCO)cc(-c3ccc(F)cc3)cc12. The number of aliphatic hydroxyl groups excluding tert-OH is 1. The monoisotopic (exact) mass is 420 g/mol. The molecule has 2 aromatic carbocycles. The average molecular weight is 420 g/mol. The Morgan fingerprint density at radius 1 is 1.19 bits per heavy atom. The number of aromatic nitrogens is 2. The van der Waals surface area contributed by atoms with E-state index in [2.05, 4.69) is 26.9 Å². The number of ether oxygens (including phenoxy) is 1. The maximum absolute atomic E-state index is 13.4. The van der Waals surface area contributed by atoms with Gasteiger partial charge in [0.25, 0.3) is 0 Å². The quantitative estimate of drug-likeness (QED) is 0.396. The summed E-state index contributed by atoms with van der Waals surface area (Å²) in [7, 11) is 1.74. The Morgan fingerprint density at radius 2 is 1.97 bits per heavy atom. The second-order valence-electron chi connectivity index (χ2n) is 6.88. The zero-order valence-electron chi connectivity index (χ0n) is 17.6. The fourth-order valence-corrected chi connectivity index (χ4v) is 2.92. The number of hydrogen-bond acceptors (Lipinski definition) is 6. The lowest BCUT2D eigenvalue weighted by Crippen LogP contribution is -2.07. The van der Waals surface area contributed by atoms with Crippen LogP contribution < -0.4 is 10.1 Å². The fourth-order valence-electron chi connectivity index (χ4n) is 2.92. The van der Waals surface area contributed by atoms with Gasteiger partial charge < -0.3 is 15.2 Å². The van der Waals surface area contributed by atoms with E-state index in [1.54, 1.807) is 19.2 Å². The van der Waals surface area contributed by atoms with Crippen molar-refractivity contribution in [2.45, 2.75) is 6.92 Å². The third-order valence-corrected chi connectivity index (χ3v) is 4.63. The van der Waals surface area contributed by atoms with Crippen LogP contribution in [0, 0.1) is 5.82 Å². The van der Waals surface area contributed by atoms with E-state index < -0.39 is 0 Å². The van der Waals surface area contributed by atoms with Gasteiger partial charge in [0, 0.05) is 24.7 Å². The van der Waals surface area contributed by atoms with E-state index in [9.17, 15) is 9.50 Å². The zero-order chi connectivity index (χ0) is 22.2. The van der Waals surface area contributed by atoms with E-state index in [-0.39, 0.29) is 19.0 Å². The summed E-state index contributed by atoms with van der Waals surface area (Å²) in [5.74, 6) is 0.838. The fraction of sp³-hybridized carbons (Fsp3) is 0.208. The van der Waals surface area contributed by atoms with Crippen LogP contribution in [0.15, 0.2) is 72.0 Å². The first-order valence-corrected chi connectivity index (χ1v) is 9.83. The largest absolute Gasteiger partial charge is 0.489 e. The van der Waals surface area contributed by atoms with Crippen LogP contribution >= 0.6 is 0 Å². The molecule has 0 radical (unpaired) electrons. The number of nitrogens with one attached hydrogen (secondary N) is 1. The van der Waals surface area contributed by atoms with E-state index in [4.69, 9.17) is 4.74 Å². The first kappa shape index (κ1) is 22.1. The Bertz CT molecular complexity index is 1120. The molecule has 31 heavy (non-hydrogen) atoms. The van der Waals surface area contributed by atoms with Crippen LogP contribution in [-0.4, -0.2) is 47.6 Å². The second-order valence-corrected chi connectivity index (χ2v) is 6.88. The van der Waals surface area contributed by atoms with Gasteiger partial charge >= 0.3 is 0 Å². The van der Waals surface area contributed by atoms with E-state index in [1.165, 1.54) is 18.5 Å². The van der Waals surface area contributed by atoms with Crippen LogP contribution in [0.25, 0.3) is 22.0 Å². The molecule has 3 rings (SSSR count). The van der Waals surface area contributed by atoms with E-state index in [0.29, 0.717) is 23.6 Å². The first-order chi connectivity index (χ1) is 15.0. The standard InChI is InChI=1S/C24H25FN4O2/c1-16(4-5-17(2)26-3)14-27-24-21-12-19(18-6-8-20(25)9-7-18)13-22(31-11-10-30)23(21)28-15-29-24/h4-9,12-13,15,30H,1,10-11,14H2,2-3H3,(H,27,28,29)/b5-4-,26-17?. The van der Waals surface area contributed by atoms with Crippen molar-refractivity contribution in [3.63, 3.8) is 0 Å². The Kier molecular flexibility index (Phi) is 7.45. The molecule has 0 saturated carbocycles. The van der Waals surface area contributed by atoms with Gasteiger partial charge in [-0.05, 0) is 54.0 Å². The number of allylic oxidation sites excluding steroid dienone is 1. The van der Waals surface area contributed by atoms with Crippen molar-refractivity contribution >= 4 is 22.4 Å². The Morgan fingerprint density at radius 3 is 2.68 bits per heavy atom. The number of hydrogen-bond donors (Lipinski definition) is 2. The Hall–Kier alpha value is -3.58. The maximum Gasteiger partial charge on any atom is 0.146 e. The molecule has 7 heteroatoms. The number of fused-ring (bicyclic) bond motifs is 1. The number of aliphatic hydroxyl groups is 1.